The second-order valence-electron chi connectivity index (χ2n) is 7.25. The molecular weight excluding hydrogens is 448 g/mol. The Morgan fingerprint density at radius 1 is 0.676 bits per heavy atom. The van der Waals surface area contributed by atoms with Crippen LogP contribution < -0.4 is 19.3 Å². The van der Waals surface area contributed by atoms with E-state index in [0.717, 1.165) is 0 Å². The van der Waals surface area contributed by atoms with Crippen LogP contribution in [0.4, 0.5) is 0 Å². The van der Waals surface area contributed by atoms with Crippen LogP contribution in [0.3, 0.4) is 0 Å². The maximum Gasteiger partial charge on any atom is 0.346 e. The zero-order valence-electron chi connectivity index (χ0n) is 17.7. The van der Waals surface area contributed by atoms with Gasteiger partial charge >= 0.3 is 11.9 Å². The van der Waals surface area contributed by atoms with Crippen LogP contribution in [0.1, 0.15) is 0 Å². The number of aromatic nitrogens is 4. The number of imidazole rings is 2. The van der Waals surface area contributed by atoms with Gasteiger partial charge in [-0.3, -0.25) is 0 Å². The molecule has 0 radical (unpaired) electrons. The summed E-state index contributed by atoms with van der Waals surface area (Å²) in [5.41, 5.74) is 2.68. The lowest BCUT2D eigenvalue weighted by molar-refractivity contribution is -0.666. The van der Waals surface area contributed by atoms with Crippen LogP contribution in [0.15, 0.2) is 61.2 Å². The van der Waals surface area contributed by atoms with E-state index in [1.165, 1.54) is 30.9 Å². The molecule has 4 aromatic rings. The largest absolute Gasteiger partial charge is 0.546 e. The van der Waals surface area contributed by atoms with Gasteiger partial charge in [0, 0.05) is 0 Å². The van der Waals surface area contributed by atoms with Crippen molar-refractivity contribution < 1.29 is 48.7 Å². The summed E-state index contributed by atoms with van der Waals surface area (Å²) in [4.78, 5) is 42.5. The molecular formula is C22H20N4O8. The molecule has 0 aliphatic heterocycles. The number of benzene rings is 2. The Kier molecular flexibility index (Phi) is 7.21. The molecule has 0 fully saturated rings. The van der Waals surface area contributed by atoms with Crippen molar-refractivity contribution in [1.82, 2.24) is 9.13 Å². The van der Waals surface area contributed by atoms with E-state index in [0.29, 0.717) is 22.1 Å². The molecule has 34 heavy (non-hydrogen) atoms. The molecule has 12 heteroatoms. The normalized spacial score (nSPS) is 10.6. The number of aliphatic carboxylic acids is 4. The monoisotopic (exact) mass is 468 g/mol. The van der Waals surface area contributed by atoms with Crippen LogP contribution in [0.5, 0.6) is 0 Å². The van der Waals surface area contributed by atoms with Gasteiger partial charge in [0.25, 0.3) is 0 Å². The van der Waals surface area contributed by atoms with E-state index < -0.39 is 23.9 Å². The van der Waals surface area contributed by atoms with E-state index in [-0.39, 0.29) is 26.2 Å². The number of carboxylic acids is 4. The van der Waals surface area contributed by atoms with Crippen molar-refractivity contribution in [2.75, 3.05) is 0 Å². The molecule has 0 saturated carbocycles. The molecule has 0 atom stereocenters. The summed E-state index contributed by atoms with van der Waals surface area (Å²) in [6.07, 6.45) is 2.93. The summed E-state index contributed by atoms with van der Waals surface area (Å²) in [5, 5.41) is 38.7. The Labute approximate surface area is 191 Å². The first-order valence-corrected chi connectivity index (χ1v) is 9.93. The summed E-state index contributed by atoms with van der Waals surface area (Å²) in [7, 11) is 0. The van der Waals surface area contributed by atoms with E-state index in [1.807, 2.05) is 0 Å². The highest BCUT2D eigenvalue weighted by Crippen LogP contribution is 2.11. The number of carbonyl (C=O) groups excluding carboxylic acids is 2. The zero-order chi connectivity index (χ0) is 24.8. The molecule has 12 nitrogen and oxygen atoms in total. The van der Waals surface area contributed by atoms with Crippen LogP contribution in [0, 0.1) is 0 Å². The third kappa shape index (κ3) is 5.73. The lowest BCUT2D eigenvalue weighted by Crippen LogP contribution is -2.43. The van der Waals surface area contributed by atoms with Crippen molar-refractivity contribution in [3.05, 3.63) is 61.2 Å². The van der Waals surface area contributed by atoms with Gasteiger partial charge < -0.3 is 30.0 Å². The fraction of sp³-hybridized carbons (Fsp3) is 0.182. The average Bonchev–Trinajstić information content (AvgIpc) is 3.26. The van der Waals surface area contributed by atoms with Crippen LogP contribution in [0.25, 0.3) is 22.1 Å². The van der Waals surface area contributed by atoms with Gasteiger partial charge in [-0.05, 0) is 24.3 Å². The Hall–Kier alpha value is -4.74. The topological polar surface area (TPSA) is 172 Å². The fourth-order valence-corrected chi connectivity index (χ4v) is 3.56. The van der Waals surface area contributed by atoms with Gasteiger partial charge in [-0.1, -0.05) is 24.3 Å². The molecule has 0 bridgehead atoms. The Balaban J connectivity index is 0.000000191. The highest BCUT2D eigenvalue weighted by atomic mass is 16.4. The van der Waals surface area contributed by atoms with Crippen LogP contribution in [-0.2, 0) is 45.4 Å². The highest BCUT2D eigenvalue weighted by molar-refractivity contribution is 5.76. The SMILES string of the molecule is O=C([O-])C[n+]1cn(CC(=O)O)c2ccccc21.O=C([O-])Cn1c[n+](CC(=O)O)c2ccccc21. The van der Waals surface area contributed by atoms with Crippen molar-refractivity contribution in [2.24, 2.45) is 0 Å². The maximum atomic E-state index is 10.7. The number of nitrogens with zero attached hydrogens (tertiary/aromatic N) is 4. The van der Waals surface area contributed by atoms with E-state index in [1.54, 1.807) is 48.5 Å². The molecule has 2 N–H and O–H groups in total. The van der Waals surface area contributed by atoms with Gasteiger partial charge in [-0.25, -0.2) is 27.9 Å². The van der Waals surface area contributed by atoms with Crippen molar-refractivity contribution in [3.63, 3.8) is 0 Å². The van der Waals surface area contributed by atoms with Gasteiger partial charge in [0.15, 0.2) is 35.2 Å². The minimum atomic E-state index is -1.21. The van der Waals surface area contributed by atoms with Gasteiger partial charge in [-0.15, -0.1) is 0 Å². The molecule has 0 unspecified atom stereocenters. The maximum absolute atomic E-state index is 10.7. The Morgan fingerprint density at radius 2 is 1.15 bits per heavy atom. The van der Waals surface area contributed by atoms with Crippen molar-refractivity contribution in [3.8, 4) is 0 Å². The van der Waals surface area contributed by atoms with Crippen molar-refractivity contribution in [1.29, 1.82) is 0 Å². The number of hydrogen-bond donors (Lipinski definition) is 2. The summed E-state index contributed by atoms with van der Waals surface area (Å²) in [6.45, 7) is -1.01. The van der Waals surface area contributed by atoms with Gasteiger partial charge in [0.2, 0.25) is 12.7 Å². The summed E-state index contributed by atoms with van der Waals surface area (Å²) in [6, 6.07) is 14.0. The molecule has 176 valence electrons. The molecule has 2 aromatic carbocycles. The minimum Gasteiger partial charge on any atom is -0.546 e. The smallest absolute Gasteiger partial charge is 0.346 e. The Morgan fingerprint density at radius 3 is 1.59 bits per heavy atom. The fourth-order valence-electron chi connectivity index (χ4n) is 3.56. The van der Waals surface area contributed by atoms with Gasteiger partial charge in [0.1, 0.15) is 13.1 Å². The third-order valence-electron chi connectivity index (χ3n) is 4.77. The number of para-hydroxylation sites is 4. The van der Waals surface area contributed by atoms with Crippen LogP contribution in [0.2, 0.25) is 0 Å². The molecule has 0 aliphatic carbocycles. The van der Waals surface area contributed by atoms with E-state index in [2.05, 4.69) is 0 Å². The molecule has 2 heterocycles. The molecule has 0 saturated heterocycles. The van der Waals surface area contributed by atoms with Crippen molar-refractivity contribution in [2.45, 2.75) is 26.2 Å². The minimum absolute atomic E-state index is 0.208. The number of carbonyl (C=O) groups is 4. The van der Waals surface area contributed by atoms with Crippen LogP contribution >= 0.6 is 0 Å². The zero-order valence-corrected chi connectivity index (χ0v) is 17.7. The predicted molar refractivity (Wildman–Crippen MR) is 110 cm³/mol. The third-order valence-corrected chi connectivity index (χ3v) is 4.77. The van der Waals surface area contributed by atoms with E-state index in [9.17, 15) is 29.4 Å². The van der Waals surface area contributed by atoms with Crippen molar-refractivity contribution >= 4 is 45.9 Å². The molecule has 0 aliphatic rings. The second-order valence-corrected chi connectivity index (χ2v) is 7.25. The lowest BCUT2D eigenvalue weighted by atomic mass is 10.3. The molecule has 0 amide bonds. The molecule has 2 aromatic heterocycles. The lowest BCUT2D eigenvalue weighted by Gasteiger charge is -1.97. The summed E-state index contributed by atoms with van der Waals surface area (Å²) >= 11 is 0. The standard InChI is InChI=1S/2C11H10N2O4/c2*14-10(15)5-12-7-13(6-11(16)17)9-4-2-1-3-8(9)12/h2*1-4,7H,5-6H2,(H-,14,15,16,17). The first-order valence-electron chi connectivity index (χ1n) is 9.93. The Bertz CT molecular complexity index is 1180. The number of fused-ring (bicyclic) bond motifs is 2. The summed E-state index contributed by atoms with van der Waals surface area (Å²) < 4.78 is 5.88. The molecule has 0 spiro atoms. The quantitative estimate of drug-likeness (QED) is 0.268. The van der Waals surface area contributed by atoms with E-state index in [4.69, 9.17) is 10.2 Å². The molecule has 4 rings (SSSR count). The average molecular weight is 468 g/mol. The van der Waals surface area contributed by atoms with E-state index >= 15 is 0 Å². The predicted octanol–water partition coefficient (Wildman–Crippen LogP) is -2.47. The number of carboxylic acid groups (broad SMARTS) is 4. The summed E-state index contributed by atoms with van der Waals surface area (Å²) in [5.74, 6) is -4.39. The van der Waals surface area contributed by atoms with Crippen LogP contribution in [-0.4, -0.2) is 43.2 Å². The highest BCUT2D eigenvalue weighted by Gasteiger charge is 2.18. The second kappa shape index (κ2) is 10.3. The first kappa shape index (κ1) is 23.9. The van der Waals surface area contributed by atoms with Gasteiger partial charge in [0.05, 0.1) is 11.9 Å². The number of hydrogen-bond acceptors (Lipinski definition) is 6. The van der Waals surface area contributed by atoms with Gasteiger partial charge in [-0.2, -0.15) is 0 Å². The number of rotatable bonds is 8. The first-order chi connectivity index (χ1) is 16.2.